The molecular formula is C13H18O4. The maximum absolute atomic E-state index is 10.5. The maximum atomic E-state index is 10.5. The van der Waals surface area contributed by atoms with E-state index in [-0.39, 0.29) is 13.0 Å². The van der Waals surface area contributed by atoms with E-state index in [2.05, 4.69) is 0 Å². The molecule has 0 radical (unpaired) electrons. The molecule has 17 heavy (non-hydrogen) atoms. The molecule has 94 valence electrons. The molecule has 1 heterocycles. The normalized spacial score (nSPS) is 33.6. The van der Waals surface area contributed by atoms with Crippen molar-refractivity contribution in [3.63, 3.8) is 0 Å². The molecule has 0 aromatic heterocycles. The molecule has 1 aromatic carbocycles. The standard InChI is InChI=1S/C13H18O4/c14-9-12-13(16,11(15)6-7-17-12)8-10-4-2-1-3-5-10/h1-5,11-12,14-16H,6-9H2/t11-,12-,13+/m1/s1. The van der Waals surface area contributed by atoms with Crippen LogP contribution in [0.3, 0.4) is 0 Å². The third kappa shape index (κ3) is 2.50. The molecule has 1 fully saturated rings. The molecule has 0 aliphatic carbocycles. The predicted molar refractivity (Wildman–Crippen MR) is 62.5 cm³/mol. The van der Waals surface area contributed by atoms with Gasteiger partial charge in [-0.15, -0.1) is 0 Å². The van der Waals surface area contributed by atoms with Crippen molar-refractivity contribution in [3.8, 4) is 0 Å². The maximum Gasteiger partial charge on any atom is 0.123 e. The van der Waals surface area contributed by atoms with Crippen LogP contribution in [-0.4, -0.2) is 46.3 Å². The van der Waals surface area contributed by atoms with Crippen molar-refractivity contribution in [3.05, 3.63) is 35.9 Å². The van der Waals surface area contributed by atoms with Crippen LogP contribution in [0.15, 0.2) is 30.3 Å². The highest BCUT2D eigenvalue weighted by atomic mass is 16.5. The minimum atomic E-state index is -1.41. The van der Waals surface area contributed by atoms with E-state index in [1.165, 1.54) is 0 Å². The van der Waals surface area contributed by atoms with Gasteiger partial charge in [-0.25, -0.2) is 0 Å². The molecule has 0 bridgehead atoms. The summed E-state index contributed by atoms with van der Waals surface area (Å²) in [4.78, 5) is 0. The molecule has 0 spiro atoms. The Bertz CT molecular complexity index is 354. The monoisotopic (exact) mass is 238 g/mol. The molecule has 1 aliphatic heterocycles. The quantitative estimate of drug-likeness (QED) is 0.698. The lowest BCUT2D eigenvalue weighted by Gasteiger charge is -2.42. The van der Waals surface area contributed by atoms with Gasteiger partial charge in [0.05, 0.1) is 12.7 Å². The van der Waals surface area contributed by atoms with Gasteiger partial charge in [0.25, 0.3) is 0 Å². The molecule has 4 heteroatoms. The van der Waals surface area contributed by atoms with Gasteiger partial charge in [0.1, 0.15) is 11.7 Å². The molecule has 3 atom stereocenters. The van der Waals surface area contributed by atoms with Crippen LogP contribution in [0.2, 0.25) is 0 Å². The van der Waals surface area contributed by atoms with E-state index in [0.29, 0.717) is 13.0 Å². The summed E-state index contributed by atoms with van der Waals surface area (Å²) in [6.07, 6.45) is -0.930. The molecule has 1 aliphatic rings. The molecular weight excluding hydrogens is 220 g/mol. The summed E-state index contributed by atoms with van der Waals surface area (Å²) < 4.78 is 5.33. The zero-order valence-corrected chi connectivity index (χ0v) is 9.62. The lowest BCUT2D eigenvalue weighted by molar-refractivity contribution is -0.211. The van der Waals surface area contributed by atoms with Crippen molar-refractivity contribution in [1.82, 2.24) is 0 Å². The second-order valence-electron chi connectivity index (χ2n) is 4.50. The van der Waals surface area contributed by atoms with E-state index in [0.717, 1.165) is 5.56 Å². The van der Waals surface area contributed by atoms with E-state index in [1.54, 1.807) is 0 Å². The molecule has 1 aromatic rings. The minimum Gasteiger partial charge on any atom is -0.394 e. The molecule has 1 saturated heterocycles. The number of hydrogen-bond acceptors (Lipinski definition) is 4. The van der Waals surface area contributed by atoms with Crippen LogP contribution in [0.5, 0.6) is 0 Å². The third-order valence-electron chi connectivity index (χ3n) is 3.34. The Labute approximate surface area is 100 Å². The van der Waals surface area contributed by atoms with Crippen molar-refractivity contribution in [2.45, 2.75) is 30.7 Å². The lowest BCUT2D eigenvalue weighted by Crippen LogP contribution is -2.59. The van der Waals surface area contributed by atoms with Gasteiger partial charge < -0.3 is 20.1 Å². The van der Waals surface area contributed by atoms with Gasteiger partial charge >= 0.3 is 0 Å². The van der Waals surface area contributed by atoms with Gasteiger partial charge in [-0.05, 0) is 12.0 Å². The van der Waals surface area contributed by atoms with Crippen LogP contribution in [-0.2, 0) is 11.2 Å². The Hall–Kier alpha value is -0.940. The van der Waals surface area contributed by atoms with Crippen LogP contribution < -0.4 is 0 Å². The van der Waals surface area contributed by atoms with Gasteiger partial charge in [0, 0.05) is 13.0 Å². The van der Waals surface area contributed by atoms with Gasteiger partial charge in [-0.2, -0.15) is 0 Å². The topological polar surface area (TPSA) is 69.9 Å². The number of benzene rings is 1. The smallest absolute Gasteiger partial charge is 0.123 e. The summed E-state index contributed by atoms with van der Waals surface area (Å²) in [6.45, 7) is 0.0733. The molecule has 0 saturated carbocycles. The summed E-state index contributed by atoms with van der Waals surface area (Å²) >= 11 is 0. The van der Waals surface area contributed by atoms with E-state index in [1.807, 2.05) is 30.3 Å². The van der Waals surface area contributed by atoms with E-state index in [9.17, 15) is 15.3 Å². The summed E-state index contributed by atoms with van der Waals surface area (Å²) in [5.74, 6) is 0. The summed E-state index contributed by atoms with van der Waals surface area (Å²) in [7, 11) is 0. The predicted octanol–water partition coefficient (Wildman–Crippen LogP) is 0.102. The average Bonchev–Trinajstić information content (AvgIpc) is 2.34. The fourth-order valence-corrected chi connectivity index (χ4v) is 2.30. The Morgan fingerprint density at radius 3 is 2.65 bits per heavy atom. The van der Waals surface area contributed by atoms with Crippen molar-refractivity contribution >= 4 is 0 Å². The second-order valence-corrected chi connectivity index (χ2v) is 4.50. The van der Waals surface area contributed by atoms with Crippen LogP contribution in [0.1, 0.15) is 12.0 Å². The fourth-order valence-electron chi connectivity index (χ4n) is 2.30. The van der Waals surface area contributed by atoms with Crippen LogP contribution in [0.25, 0.3) is 0 Å². The van der Waals surface area contributed by atoms with Gasteiger partial charge in [-0.3, -0.25) is 0 Å². The first-order chi connectivity index (χ1) is 8.16. The van der Waals surface area contributed by atoms with Crippen LogP contribution >= 0.6 is 0 Å². The summed E-state index contributed by atoms with van der Waals surface area (Å²) in [5.41, 5.74) is -0.494. The summed E-state index contributed by atoms with van der Waals surface area (Å²) in [5, 5.41) is 29.7. The largest absolute Gasteiger partial charge is 0.394 e. The average molecular weight is 238 g/mol. The van der Waals surface area contributed by atoms with Crippen molar-refractivity contribution in [2.75, 3.05) is 13.2 Å². The number of aliphatic hydroxyl groups excluding tert-OH is 2. The summed E-state index contributed by atoms with van der Waals surface area (Å²) in [6, 6.07) is 9.41. The first-order valence-corrected chi connectivity index (χ1v) is 5.83. The highest BCUT2D eigenvalue weighted by molar-refractivity contribution is 5.19. The number of aliphatic hydroxyl groups is 3. The minimum absolute atomic E-state index is 0.278. The Morgan fingerprint density at radius 2 is 2.00 bits per heavy atom. The number of hydrogen-bond donors (Lipinski definition) is 3. The van der Waals surface area contributed by atoms with Crippen LogP contribution in [0, 0.1) is 0 Å². The molecule has 0 unspecified atom stereocenters. The van der Waals surface area contributed by atoms with E-state index in [4.69, 9.17) is 4.74 Å². The van der Waals surface area contributed by atoms with Gasteiger partial charge in [-0.1, -0.05) is 30.3 Å². The number of ether oxygens (including phenoxy) is 1. The van der Waals surface area contributed by atoms with Crippen molar-refractivity contribution < 1.29 is 20.1 Å². The van der Waals surface area contributed by atoms with E-state index < -0.39 is 17.8 Å². The van der Waals surface area contributed by atoms with Crippen molar-refractivity contribution in [2.24, 2.45) is 0 Å². The van der Waals surface area contributed by atoms with E-state index >= 15 is 0 Å². The molecule has 0 amide bonds. The Balaban J connectivity index is 2.19. The first kappa shape index (κ1) is 12.5. The van der Waals surface area contributed by atoms with Gasteiger partial charge in [0.15, 0.2) is 0 Å². The molecule has 3 N–H and O–H groups in total. The fraction of sp³-hybridized carbons (Fsp3) is 0.538. The zero-order valence-electron chi connectivity index (χ0n) is 9.62. The molecule has 4 nitrogen and oxygen atoms in total. The highest BCUT2D eigenvalue weighted by Gasteiger charge is 2.46. The SMILES string of the molecule is OC[C@H]1OCC[C@@H](O)[C@@]1(O)Cc1ccccc1. The second kappa shape index (κ2) is 5.14. The highest BCUT2D eigenvalue weighted by Crippen LogP contribution is 2.29. The first-order valence-electron chi connectivity index (χ1n) is 5.83. The number of rotatable bonds is 3. The zero-order chi connectivity index (χ0) is 12.3. The van der Waals surface area contributed by atoms with Crippen LogP contribution in [0.4, 0.5) is 0 Å². The lowest BCUT2D eigenvalue weighted by atomic mass is 9.81. The van der Waals surface area contributed by atoms with Gasteiger partial charge in [0.2, 0.25) is 0 Å². The van der Waals surface area contributed by atoms with Crippen molar-refractivity contribution in [1.29, 1.82) is 0 Å². The third-order valence-corrected chi connectivity index (χ3v) is 3.34. The molecule has 2 rings (SSSR count). The Morgan fingerprint density at radius 1 is 1.29 bits per heavy atom. The Kier molecular flexibility index (Phi) is 3.79.